The Kier molecular flexibility index (Phi) is 13.6. The minimum atomic E-state index is -1.17. The number of rotatable bonds is 12. The molecule has 0 aliphatic rings. The van der Waals surface area contributed by atoms with Crippen LogP contribution in [0.25, 0.3) is 0 Å². The molecule has 130 valence electrons. The summed E-state index contributed by atoms with van der Waals surface area (Å²) in [5.74, 6) is 0. The van der Waals surface area contributed by atoms with Crippen LogP contribution in [0.2, 0.25) is 0 Å². The van der Waals surface area contributed by atoms with Crippen molar-refractivity contribution < 1.29 is 0 Å². The van der Waals surface area contributed by atoms with Crippen LogP contribution in [0.4, 0.5) is 0 Å². The Balaban J connectivity index is 0.00000441. The summed E-state index contributed by atoms with van der Waals surface area (Å²) < 4.78 is 0. The van der Waals surface area contributed by atoms with E-state index in [0.717, 1.165) is 0 Å². The van der Waals surface area contributed by atoms with Gasteiger partial charge in [0.05, 0.1) is 0 Å². The van der Waals surface area contributed by atoms with E-state index < -0.39 is 7.26 Å². The summed E-state index contributed by atoms with van der Waals surface area (Å²) in [6.45, 7) is 7.34. The average molecular weight is 389 g/mol. The molecule has 22 heavy (non-hydrogen) atoms. The van der Waals surface area contributed by atoms with Crippen molar-refractivity contribution in [3.63, 3.8) is 0 Å². The zero-order valence-corrected chi connectivity index (χ0v) is 17.8. The fourth-order valence-corrected chi connectivity index (χ4v) is 5.61. The monoisotopic (exact) mass is 388 g/mol. The Bertz CT molecular complexity index is 348. The third-order valence-corrected chi connectivity index (χ3v) is 8.21. The molecule has 2 heteroatoms. The molecule has 0 fully saturated rings. The molecule has 1 aromatic rings. The van der Waals surface area contributed by atoms with Gasteiger partial charge in [-0.2, -0.15) is 0 Å². The Hall–Kier alpha value is 0.130. The van der Waals surface area contributed by atoms with Crippen LogP contribution in [0.15, 0.2) is 30.3 Å². The number of benzene rings is 1. The van der Waals surface area contributed by atoms with Gasteiger partial charge in [-0.05, 0) is 0 Å². The molecule has 0 N–H and O–H groups in total. The molecule has 0 saturated carbocycles. The van der Waals surface area contributed by atoms with Crippen molar-refractivity contribution in [3.8, 4) is 0 Å². The van der Waals surface area contributed by atoms with Crippen LogP contribution < -0.4 is 5.30 Å². The van der Waals surface area contributed by atoms with Crippen molar-refractivity contribution >= 4 is 29.5 Å². The first-order valence-electron chi connectivity index (χ1n) is 9.22. The molecule has 0 radical (unpaired) electrons. The van der Waals surface area contributed by atoms with Crippen LogP contribution in [0.3, 0.4) is 0 Å². The molecule has 0 unspecified atom stereocenters. The molecule has 0 heterocycles. The molecular weight excluding hydrogens is 351 g/mol. The third-order valence-electron chi connectivity index (χ3n) is 4.71. The van der Waals surface area contributed by atoms with Gasteiger partial charge in [0.1, 0.15) is 0 Å². The van der Waals surface area contributed by atoms with Crippen LogP contribution in [0.1, 0.15) is 71.1 Å². The van der Waals surface area contributed by atoms with Crippen molar-refractivity contribution in [2.75, 3.05) is 19.5 Å². The summed E-state index contributed by atoms with van der Waals surface area (Å²) in [7, 11) is -1.17. The van der Waals surface area contributed by atoms with E-state index in [-0.39, 0.29) is 17.0 Å². The maximum atomic E-state index is 2.52. The van der Waals surface area contributed by atoms with E-state index in [1.165, 1.54) is 70.4 Å². The first kappa shape index (κ1) is 22.1. The van der Waals surface area contributed by atoms with Crippen molar-refractivity contribution in [1.82, 2.24) is 0 Å². The fraction of sp³-hybridized carbons (Fsp3) is 0.700. The van der Waals surface area contributed by atoms with Crippen molar-refractivity contribution in [2.24, 2.45) is 0 Å². The first-order chi connectivity index (χ1) is 10.2. The van der Waals surface area contributed by atoms with E-state index in [9.17, 15) is 0 Å². The first-order valence-corrected chi connectivity index (χ1v) is 12.4. The van der Waals surface area contributed by atoms with Gasteiger partial charge in [-0.25, -0.2) is 0 Å². The van der Waals surface area contributed by atoms with Gasteiger partial charge >= 0.3 is 134 Å². The van der Waals surface area contributed by atoms with Crippen LogP contribution in [-0.2, 0) is 0 Å². The van der Waals surface area contributed by atoms with E-state index >= 15 is 0 Å². The van der Waals surface area contributed by atoms with Gasteiger partial charge in [0.25, 0.3) is 0 Å². The second-order valence-corrected chi connectivity index (χ2v) is 12.0. The number of hydrogen-bond acceptors (Lipinski definition) is 0. The SMILES string of the molecule is Br.CCCCCCCCCCCC[PH](C)(C)c1ccccc1. The van der Waals surface area contributed by atoms with Crippen LogP contribution >= 0.6 is 24.2 Å². The van der Waals surface area contributed by atoms with Crippen molar-refractivity contribution in [1.29, 1.82) is 0 Å². The molecule has 0 aromatic heterocycles. The fourth-order valence-electron chi connectivity index (χ4n) is 3.09. The van der Waals surface area contributed by atoms with Crippen LogP contribution in [0.5, 0.6) is 0 Å². The molecule has 0 aliphatic heterocycles. The number of hydrogen-bond donors (Lipinski definition) is 0. The molecule has 0 spiro atoms. The van der Waals surface area contributed by atoms with Crippen LogP contribution in [-0.4, -0.2) is 19.5 Å². The molecule has 0 aliphatic carbocycles. The van der Waals surface area contributed by atoms with E-state index in [1.807, 2.05) is 0 Å². The summed E-state index contributed by atoms with van der Waals surface area (Å²) in [5.41, 5.74) is 0. The predicted molar refractivity (Wildman–Crippen MR) is 113 cm³/mol. The van der Waals surface area contributed by atoms with Gasteiger partial charge < -0.3 is 0 Å². The molecule has 1 rings (SSSR count). The Labute approximate surface area is 150 Å². The molecule has 0 bridgehead atoms. The van der Waals surface area contributed by atoms with E-state index in [2.05, 4.69) is 50.6 Å². The summed E-state index contributed by atoms with van der Waals surface area (Å²) >= 11 is 0. The number of unbranched alkanes of at least 4 members (excludes halogenated alkanes) is 9. The third kappa shape index (κ3) is 10.0. The molecule has 0 nitrogen and oxygen atoms in total. The second kappa shape index (κ2) is 13.6. The molecule has 0 saturated heterocycles. The molecule has 0 amide bonds. The Morgan fingerprint density at radius 3 is 1.64 bits per heavy atom. The zero-order chi connectivity index (χ0) is 15.4. The summed E-state index contributed by atoms with van der Waals surface area (Å²) in [6.07, 6.45) is 15.9. The van der Waals surface area contributed by atoms with Gasteiger partial charge in [0.2, 0.25) is 0 Å². The van der Waals surface area contributed by atoms with Gasteiger partial charge in [0.15, 0.2) is 0 Å². The molecule has 1 aromatic carbocycles. The quantitative estimate of drug-likeness (QED) is 0.272. The van der Waals surface area contributed by atoms with Gasteiger partial charge in [0, 0.05) is 0 Å². The van der Waals surface area contributed by atoms with E-state index in [1.54, 1.807) is 5.30 Å². The predicted octanol–water partition coefficient (Wildman–Crippen LogP) is 6.82. The van der Waals surface area contributed by atoms with E-state index in [4.69, 9.17) is 0 Å². The summed E-state index contributed by atoms with van der Waals surface area (Å²) in [4.78, 5) is 0. The van der Waals surface area contributed by atoms with E-state index in [0.29, 0.717) is 0 Å². The summed E-state index contributed by atoms with van der Waals surface area (Å²) in [5, 5.41) is 1.63. The Morgan fingerprint density at radius 2 is 1.14 bits per heavy atom. The topological polar surface area (TPSA) is 0 Å². The molecular formula is C20H38BrP. The normalized spacial score (nSPS) is 12.0. The minimum absolute atomic E-state index is 0. The van der Waals surface area contributed by atoms with Gasteiger partial charge in [-0.3, -0.25) is 0 Å². The molecule has 0 atom stereocenters. The average Bonchev–Trinajstić information content (AvgIpc) is 2.50. The van der Waals surface area contributed by atoms with Gasteiger partial charge in [-0.1, -0.05) is 0 Å². The van der Waals surface area contributed by atoms with Crippen LogP contribution in [0, 0.1) is 0 Å². The Morgan fingerprint density at radius 1 is 0.682 bits per heavy atom. The van der Waals surface area contributed by atoms with Crippen molar-refractivity contribution in [3.05, 3.63) is 30.3 Å². The standard InChI is InChI=1S/C20H37P.BrH/c1-4-5-6-7-8-9-10-11-12-16-19-21(2,3)20-17-14-13-15-18-20;/h13-15,17-18,21H,4-12,16,19H2,1-3H3;1H. The number of halogens is 1. The second-order valence-electron chi connectivity index (χ2n) is 7.18. The summed E-state index contributed by atoms with van der Waals surface area (Å²) in [6, 6.07) is 11.2. The van der Waals surface area contributed by atoms with Crippen molar-refractivity contribution in [2.45, 2.75) is 71.1 Å². The zero-order valence-electron chi connectivity index (χ0n) is 15.1. The maximum absolute atomic E-state index is 2.52. The van der Waals surface area contributed by atoms with Gasteiger partial charge in [-0.15, -0.1) is 17.0 Å².